The summed E-state index contributed by atoms with van der Waals surface area (Å²) in [6.45, 7) is 4.00. The van der Waals surface area contributed by atoms with Crippen LogP contribution in [-0.2, 0) is 14.1 Å². The van der Waals surface area contributed by atoms with Gasteiger partial charge in [-0.25, -0.2) is 9.48 Å². The van der Waals surface area contributed by atoms with Crippen LogP contribution in [0.1, 0.15) is 19.9 Å². The van der Waals surface area contributed by atoms with Crippen molar-refractivity contribution in [1.29, 1.82) is 0 Å². The van der Waals surface area contributed by atoms with Gasteiger partial charge in [0.05, 0.1) is 11.9 Å². The van der Waals surface area contributed by atoms with Crippen molar-refractivity contribution in [1.82, 2.24) is 24.1 Å². The Balaban J connectivity index is 2.38. The maximum atomic E-state index is 11.9. The second kappa shape index (κ2) is 4.71. The highest BCUT2D eigenvalue weighted by Crippen LogP contribution is 2.12. The number of aryl methyl sites for hydroxylation is 1. The van der Waals surface area contributed by atoms with Crippen molar-refractivity contribution in [2.75, 3.05) is 5.32 Å². The largest absolute Gasteiger partial charge is 0.346 e. The lowest BCUT2D eigenvalue weighted by Gasteiger charge is -2.06. The molecule has 102 valence electrons. The molecule has 0 unspecified atom stereocenters. The molecule has 8 nitrogen and oxygen atoms in total. The Bertz CT molecular complexity index is 709. The lowest BCUT2D eigenvalue weighted by Crippen LogP contribution is -2.39. The Hall–Kier alpha value is -2.38. The molecule has 2 heterocycles. The molecule has 0 spiro atoms. The predicted octanol–water partition coefficient (Wildman–Crippen LogP) is -0.000000000000000666. The van der Waals surface area contributed by atoms with Crippen molar-refractivity contribution in [2.45, 2.75) is 19.9 Å². The minimum atomic E-state index is -0.472. The summed E-state index contributed by atoms with van der Waals surface area (Å²) in [5.41, 5.74) is -0.286. The van der Waals surface area contributed by atoms with Gasteiger partial charge in [0.2, 0.25) is 5.82 Å². The first-order chi connectivity index (χ1) is 8.90. The van der Waals surface area contributed by atoms with E-state index in [1.807, 2.05) is 13.8 Å². The van der Waals surface area contributed by atoms with E-state index in [0.29, 0.717) is 5.69 Å². The van der Waals surface area contributed by atoms with E-state index in [9.17, 15) is 9.59 Å². The van der Waals surface area contributed by atoms with Crippen molar-refractivity contribution in [3.63, 3.8) is 0 Å². The Morgan fingerprint density at radius 3 is 2.53 bits per heavy atom. The maximum absolute atomic E-state index is 11.9. The summed E-state index contributed by atoms with van der Waals surface area (Å²) < 4.78 is 3.87. The molecule has 19 heavy (non-hydrogen) atoms. The van der Waals surface area contributed by atoms with E-state index in [1.165, 1.54) is 14.1 Å². The molecule has 2 aromatic heterocycles. The van der Waals surface area contributed by atoms with Gasteiger partial charge >= 0.3 is 5.69 Å². The number of rotatable bonds is 3. The van der Waals surface area contributed by atoms with Gasteiger partial charge in [-0.2, -0.15) is 5.10 Å². The molecule has 8 heteroatoms. The Morgan fingerprint density at radius 2 is 1.95 bits per heavy atom. The summed E-state index contributed by atoms with van der Waals surface area (Å²) in [5, 5.41) is 10.9. The Kier molecular flexibility index (Phi) is 3.24. The van der Waals surface area contributed by atoms with Crippen LogP contribution in [0.5, 0.6) is 0 Å². The smallest absolute Gasteiger partial charge is 0.332 e. The van der Waals surface area contributed by atoms with E-state index in [0.717, 1.165) is 9.25 Å². The minimum absolute atomic E-state index is 0.0907. The topological polar surface area (TPSA) is 86.7 Å². The zero-order valence-corrected chi connectivity index (χ0v) is 11.3. The summed E-state index contributed by atoms with van der Waals surface area (Å²) in [5.74, 6) is 0.0907. The number of anilines is 2. The van der Waals surface area contributed by atoms with Crippen molar-refractivity contribution < 1.29 is 0 Å². The molecule has 0 atom stereocenters. The molecule has 2 aromatic rings. The van der Waals surface area contributed by atoms with E-state index in [2.05, 4.69) is 15.5 Å². The fourth-order valence-corrected chi connectivity index (χ4v) is 1.60. The third kappa shape index (κ3) is 2.42. The Morgan fingerprint density at radius 1 is 1.26 bits per heavy atom. The zero-order valence-electron chi connectivity index (χ0n) is 11.3. The molecule has 0 saturated carbocycles. The van der Waals surface area contributed by atoms with Crippen LogP contribution in [0.4, 0.5) is 11.5 Å². The zero-order chi connectivity index (χ0) is 14.2. The van der Waals surface area contributed by atoms with Gasteiger partial charge < -0.3 is 5.32 Å². The normalized spacial score (nSPS) is 11.0. The van der Waals surface area contributed by atoms with Crippen molar-refractivity contribution in [3.8, 4) is 0 Å². The standard InChI is InChI=1S/C11H16N6O2/c1-7(2)17-6-8(5-12-17)13-9-10(18)15(3)11(19)16(4)14-9/h5-7H,1-4H3,(H,13,14). The van der Waals surface area contributed by atoms with Gasteiger partial charge in [-0.1, -0.05) is 0 Å². The summed E-state index contributed by atoms with van der Waals surface area (Å²) in [6, 6.07) is 0.228. The molecule has 0 aliphatic carbocycles. The van der Waals surface area contributed by atoms with Gasteiger partial charge in [0.25, 0.3) is 5.56 Å². The molecule has 0 bridgehead atoms. The van der Waals surface area contributed by atoms with Crippen molar-refractivity contribution >= 4 is 11.5 Å². The third-order valence-corrected chi connectivity index (χ3v) is 2.71. The Labute approximate surface area is 109 Å². The number of nitrogens with one attached hydrogen (secondary N) is 1. The van der Waals surface area contributed by atoms with E-state index in [-0.39, 0.29) is 11.9 Å². The third-order valence-electron chi connectivity index (χ3n) is 2.71. The lowest BCUT2D eigenvalue weighted by atomic mass is 10.4. The molecule has 2 rings (SSSR count). The van der Waals surface area contributed by atoms with Crippen molar-refractivity contribution in [3.05, 3.63) is 33.2 Å². The molecule has 0 radical (unpaired) electrons. The highest BCUT2D eigenvalue weighted by atomic mass is 16.2. The molecule has 0 aliphatic heterocycles. The van der Waals surface area contributed by atoms with Gasteiger partial charge in [0, 0.05) is 26.3 Å². The van der Waals surface area contributed by atoms with Gasteiger partial charge in [-0.15, -0.1) is 5.10 Å². The maximum Gasteiger partial charge on any atom is 0.346 e. The fraction of sp³-hybridized carbons (Fsp3) is 0.455. The highest BCUT2D eigenvalue weighted by molar-refractivity contribution is 5.52. The van der Waals surface area contributed by atoms with Crippen LogP contribution < -0.4 is 16.6 Å². The minimum Gasteiger partial charge on any atom is -0.332 e. The molecule has 0 aromatic carbocycles. The van der Waals surface area contributed by atoms with Crippen LogP contribution >= 0.6 is 0 Å². The summed E-state index contributed by atoms with van der Waals surface area (Å²) in [6.07, 6.45) is 3.38. The first-order valence-electron chi connectivity index (χ1n) is 5.85. The molecule has 0 aliphatic rings. The van der Waals surface area contributed by atoms with Gasteiger partial charge in [-0.05, 0) is 13.8 Å². The first kappa shape index (κ1) is 13.1. The number of aromatic nitrogens is 5. The van der Waals surface area contributed by atoms with Gasteiger partial charge in [0.15, 0.2) is 0 Å². The molecular formula is C11H16N6O2. The monoisotopic (exact) mass is 264 g/mol. The van der Waals surface area contributed by atoms with Crippen LogP contribution in [0.15, 0.2) is 22.0 Å². The summed E-state index contributed by atoms with van der Waals surface area (Å²) in [7, 11) is 2.90. The lowest BCUT2D eigenvalue weighted by molar-refractivity contribution is 0.532. The van der Waals surface area contributed by atoms with Crippen LogP contribution in [0.2, 0.25) is 0 Å². The SMILES string of the molecule is CC(C)n1cc(Nc2nn(C)c(=O)n(C)c2=O)cn1. The van der Waals surface area contributed by atoms with E-state index >= 15 is 0 Å². The van der Waals surface area contributed by atoms with Gasteiger partial charge in [0.1, 0.15) is 0 Å². The molecule has 0 amide bonds. The number of hydrogen-bond acceptors (Lipinski definition) is 5. The van der Waals surface area contributed by atoms with Crippen LogP contribution in [0, 0.1) is 0 Å². The quantitative estimate of drug-likeness (QED) is 0.843. The van der Waals surface area contributed by atoms with E-state index in [4.69, 9.17) is 0 Å². The van der Waals surface area contributed by atoms with Gasteiger partial charge in [-0.3, -0.25) is 14.0 Å². The average Bonchev–Trinajstić information content (AvgIpc) is 2.82. The molecule has 0 fully saturated rings. The molecule has 0 saturated heterocycles. The van der Waals surface area contributed by atoms with Crippen LogP contribution in [0.25, 0.3) is 0 Å². The fourth-order valence-electron chi connectivity index (χ4n) is 1.60. The van der Waals surface area contributed by atoms with Crippen LogP contribution in [-0.4, -0.2) is 24.1 Å². The van der Waals surface area contributed by atoms with E-state index < -0.39 is 11.2 Å². The molecular weight excluding hydrogens is 248 g/mol. The van der Waals surface area contributed by atoms with Crippen LogP contribution in [0.3, 0.4) is 0 Å². The average molecular weight is 264 g/mol. The van der Waals surface area contributed by atoms with Crippen molar-refractivity contribution in [2.24, 2.45) is 14.1 Å². The first-order valence-corrected chi connectivity index (χ1v) is 5.85. The van der Waals surface area contributed by atoms with E-state index in [1.54, 1.807) is 17.1 Å². The number of hydrogen-bond donors (Lipinski definition) is 1. The summed E-state index contributed by atoms with van der Waals surface area (Å²) in [4.78, 5) is 23.4. The number of nitrogens with zero attached hydrogens (tertiary/aromatic N) is 5. The second-order valence-electron chi connectivity index (χ2n) is 4.55. The summed E-state index contributed by atoms with van der Waals surface area (Å²) >= 11 is 0. The molecule has 1 N–H and O–H groups in total. The highest BCUT2D eigenvalue weighted by Gasteiger charge is 2.10. The second-order valence-corrected chi connectivity index (χ2v) is 4.55. The predicted molar refractivity (Wildman–Crippen MR) is 70.6 cm³/mol.